The van der Waals surface area contributed by atoms with Crippen molar-refractivity contribution in [2.75, 3.05) is 50.7 Å². The first-order valence-electron chi connectivity index (χ1n) is 11.8. The molecule has 2 fully saturated rings. The quantitative estimate of drug-likeness (QED) is 0.758. The molecule has 0 spiro atoms. The van der Waals surface area contributed by atoms with E-state index in [1.54, 1.807) is 0 Å². The summed E-state index contributed by atoms with van der Waals surface area (Å²) in [5, 5.41) is 12.1. The lowest BCUT2D eigenvalue weighted by atomic mass is 9.93. The molecule has 0 aliphatic carbocycles. The fourth-order valence-corrected chi connectivity index (χ4v) is 4.68. The van der Waals surface area contributed by atoms with Gasteiger partial charge in [-0.1, -0.05) is 30.3 Å². The van der Waals surface area contributed by atoms with E-state index in [2.05, 4.69) is 51.5 Å². The lowest BCUT2D eigenvalue weighted by Gasteiger charge is -2.36. The molecule has 1 N–H and O–H groups in total. The van der Waals surface area contributed by atoms with Crippen LogP contribution in [-0.4, -0.2) is 61.6 Å². The van der Waals surface area contributed by atoms with E-state index in [0.29, 0.717) is 11.5 Å². The average molecular weight is 432 g/mol. The summed E-state index contributed by atoms with van der Waals surface area (Å²) in [6.07, 6.45) is 3.49. The Balaban J connectivity index is 1.11. The molecular formula is C26H33N5O. The van der Waals surface area contributed by atoms with Gasteiger partial charge in [-0.15, -0.1) is 0 Å². The number of nitrogens with one attached hydrogen (secondary N) is 1. The SMILES string of the molecule is N#Cc1ccc(N2CCN(C(=O)NCCC3CCN(Cc4ccccc4)CC3)CC2)cc1. The van der Waals surface area contributed by atoms with Crippen molar-refractivity contribution in [2.24, 2.45) is 5.92 Å². The zero-order valence-electron chi connectivity index (χ0n) is 18.7. The maximum absolute atomic E-state index is 12.6. The van der Waals surface area contributed by atoms with Crippen molar-refractivity contribution in [3.63, 3.8) is 0 Å². The molecule has 0 aromatic heterocycles. The molecule has 6 nitrogen and oxygen atoms in total. The number of hydrogen-bond donors (Lipinski definition) is 1. The number of piperazine rings is 1. The van der Waals surface area contributed by atoms with Crippen molar-refractivity contribution in [1.29, 1.82) is 5.26 Å². The molecule has 168 valence electrons. The van der Waals surface area contributed by atoms with Gasteiger partial charge in [-0.2, -0.15) is 5.26 Å². The third-order valence-corrected chi connectivity index (χ3v) is 6.71. The predicted octanol–water partition coefficient (Wildman–Crippen LogP) is 3.69. The number of nitrogens with zero attached hydrogens (tertiary/aromatic N) is 4. The van der Waals surface area contributed by atoms with Crippen LogP contribution in [0, 0.1) is 17.2 Å². The second kappa shape index (κ2) is 11.0. The van der Waals surface area contributed by atoms with Gasteiger partial charge in [0.2, 0.25) is 0 Å². The predicted molar refractivity (Wildman–Crippen MR) is 127 cm³/mol. The zero-order valence-corrected chi connectivity index (χ0v) is 18.7. The molecule has 2 saturated heterocycles. The Bertz CT molecular complexity index is 892. The fourth-order valence-electron chi connectivity index (χ4n) is 4.68. The average Bonchev–Trinajstić information content (AvgIpc) is 2.86. The van der Waals surface area contributed by atoms with Gasteiger partial charge in [-0.3, -0.25) is 4.90 Å². The van der Waals surface area contributed by atoms with Crippen LogP contribution in [0.1, 0.15) is 30.4 Å². The maximum atomic E-state index is 12.6. The molecule has 0 saturated carbocycles. The molecule has 0 bridgehead atoms. The van der Waals surface area contributed by atoms with Crippen molar-refractivity contribution in [3.8, 4) is 6.07 Å². The molecule has 2 aliphatic rings. The number of anilines is 1. The Hall–Kier alpha value is -3.04. The summed E-state index contributed by atoms with van der Waals surface area (Å²) in [7, 11) is 0. The number of rotatable bonds is 6. The second-order valence-electron chi connectivity index (χ2n) is 8.86. The third kappa shape index (κ3) is 6.02. The summed E-state index contributed by atoms with van der Waals surface area (Å²) >= 11 is 0. The van der Waals surface area contributed by atoms with Gasteiger partial charge >= 0.3 is 6.03 Å². The largest absolute Gasteiger partial charge is 0.368 e. The first-order valence-corrected chi connectivity index (χ1v) is 11.8. The number of urea groups is 1. The first kappa shape index (κ1) is 22.2. The van der Waals surface area contributed by atoms with E-state index in [1.807, 2.05) is 29.2 Å². The topological polar surface area (TPSA) is 62.6 Å². The summed E-state index contributed by atoms with van der Waals surface area (Å²) in [6.45, 7) is 7.18. The molecule has 6 heteroatoms. The Labute approximate surface area is 191 Å². The fraction of sp³-hybridized carbons (Fsp3) is 0.462. The van der Waals surface area contributed by atoms with Gasteiger partial charge in [0.25, 0.3) is 0 Å². The van der Waals surface area contributed by atoms with Crippen molar-refractivity contribution in [2.45, 2.75) is 25.8 Å². The molecule has 2 aliphatic heterocycles. The Morgan fingerprint density at radius 2 is 1.62 bits per heavy atom. The van der Waals surface area contributed by atoms with Crippen LogP contribution in [0.4, 0.5) is 10.5 Å². The normalized spacial score (nSPS) is 17.7. The van der Waals surface area contributed by atoms with Crippen LogP contribution in [0.3, 0.4) is 0 Å². The van der Waals surface area contributed by atoms with Gasteiger partial charge in [-0.05, 0) is 68.1 Å². The number of likely N-dealkylation sites (tertiary alicyclic amines) is 1. The van der Waals surface area contributed by atoms with Crippen LogP contribution in [0.2, 0.25) is 0 Å². The van der Waals surface area contributed by atoms with Crippen LogP contribution >= 0.6 is 0 Å². The summed E-state index contributed by atoms with van der Waals surface area (Å²) in [4.78, 5) is 19.3. The number of carbonyl (C=O) groups excluding carboxylic acids is 1. The van der Waals surface area contributed by atoms with Crippen molar-refractivity contribution in [1.82, 2.24) is 15.1 Å². The molecule has 32 heavy (non-hydrogen) atoms. The smallest absolute Gasteiger partial charge is 0.317 e. The van der Waals surface area contributed by atoms with E-state index in [-0.39, 0.29) is 6.03 Å². The van der Waals surface area contributed by atoms with Crippen LogP contribution < -0.4 is 10.2 Å². The number of benzene rings is 2. The molecule has 2 aromatic carbocycles. The molecule has 2 amide bonds. The third-order valence-electron chi connectivity index (χ3n) is 6.71. The van der Waals surface area contributed by atoms with Crippen LogP contribution in [0.5, 0.6) is 0 Å². The summed E-state index contributed by atoms with van der Waals surface area (Å²) in [5.41, 5.74) is 3.17. The van der Waals surface area contributed by atoms with E-state index in [9.17, 15) is 4.79 Å². The Morgan fingerprint density at radius 3 is 2.28 bits per heavy atom. The van der Waals surface area contributed by atoms with Gasteiger partial charge in [-0.25, -0.2) is 4.79 Å². The number of hydrogen-bond acceptors (Lipinski definition) is 4. The summed E-state index contributed by atoms with van der Waals surface area (Å²) in [6, 6.07) is 20.6. The summed E-state index contributed by atoms with van der Waals surface area (Å²) in [5.74, 6) is 0.704. The van der Waals surface area contributed by atoms with Crippen molar-refractivity contribution in [3.05, 3.63) is 65.7 Å². The molecular weight excluding hydrogens is 398 g/mol. The minimum absolute atomic E-state index is 0.0611. The zero-order chi connectivity index (χ0) is 22.2. The monoisotopic (exact) mass is 431 g/mol. The molecule has 2 aromatic rings. The van der Waals surface area contributed by atoms with E-state index in [0.717, 1.165) is 64.5 Å². The molecule has 0 unspecified atom stereocenters. The standard InChI is InChI=1S/C26H33N5O/c27-20-23-6-8-25(9-7-23)30-16-18-31(19-17-30)26(32)28-13-10-22-11-14-29(15-12-22)21-24-4-2-1-3-5-24/h1-9,22H,10-19,21H2,(H,28,32). The minimum Gasteiger partial charge on any atom is -0.368 e. The van der Waals surface area contributed by atoms with E-state index in [4.69, 9.17) is 5.26 Å². The first-order chi connectivity index (χ1) is 15.7. The highest BCUT2D eigenvalue weighted by molar-refractivity contribution is 5.74. The number of amides is 2. The van der Waals surface area contributed by atoms with Gasteiger partial charge in [0.05, 0.1) is 11.6 Å². The lowest BCUT2D eigenvalue weighted by molar-refractivity contribution is 0.169. The van der Waals surface area contributed by atoms with Crippen LogP contribution in [-0.2, 0) is 6.54 Å². The van der Waals surface area contributed by atoms with E-state index in [1.165, 1.54) is 18.4 Å². The van der Waals surface area contributed by atoms with Gasteiger partial charge < -0.3 is 15.1 Å². The van der Waals surface area contributed by atoms with Crippen molar-refractivity contribution >= 4 is 11.7 Å². The summed E-state index contributed by atoms with van der Waals surface area (Å²) < 4.78 is 0. The number of piperidine rings is 1. The maximum Gasteiger partial charge on any atom is 0.317 e. The number of nitriles is 1. The van der Waals surface area contributed by atoms with Crippen LogP contribution in [0.15, 0.2) is 54.6 Å². The highest BCUT2D eigenvalue weighted by Crippen LogP contribution is 2.22. The van der Waals surface area contributed by atoms with E-state index >= 15 is 0 Å². The molecule has 2 heterocycles. The second-order valence-corrected chi connectivity index (χ2v) is 8.86. The lowest BCUT2D eigenvalue weighted by Crippen LogP contribution is -2.52. The van der Waals surface area contributed by atoms with Crippen LogP contribution in [0.25, 0.3) is 0 Å². The Morgan fingerprint density at radius 1 is 0.938 bits per heavy atom. The molecule has 4 rings (SSSR count). The minimum atomic E-state index is 0.0611. The molecule has 0 radical (unpaired) electrons. The highest BCUT2D eigenvalue weighted by Gasteiger charge is 2.22. The van der Waals surface area contributed by atoms with Gasteiger partial charge in [0.15, 0.2) is 0 Å². The van der Waals surface area contributed by atoms with Gasteiger partial charge in [0, 0.05) is 45.0 Å². The number of carbonyl (C=O) groups is 1. The van der Waals surface area contributed by atoms with E-state index < -0.39 is 0 Å². The molecule has 0 atom stereocenters. The Kier molecular flexibility index (Phi) is 7.63. The highest BCUT2D eigenvalue weighted by atomic mass is 16.2. The van der Waals surface area contributed by atoms with Gasteiger partial charge in [0.1, 0.15) is 0 Å². The van der Waals surface area contributed by atoms with Crippen molar-refractivity contribution < 1.29 is 4.79 Å².